The molecule has 1 aromatic carbocycles. The standard InChI is InChI=1S/C22H24N4O3S/c27-22(23-16-20-17-25-12-5-4-8-21(25)24-20)19-9-13-26(14-10-19)30(28,29)15-11-18-6-2-1-3-7-18/h1-8,11-12,15,17,19H,9-10,13-14,16H2,(H,23,27). The second kappa shape index (κ2) is 8.81. The lowest BCUT2D eigenvalue weighted by molar-refractivity contribution is -0.126. The summed E-state index contributed by atoms with van der Waals surface area (Å²) in [5.41, 5.74) is 2.46. The molecule has 0 spiro atoms. The molecule has 1 aliphatic heterocycles. The predicted molar refractivity (Wildman–Crippen MR) is 116 cm³/mol. The number of nitrogens with zero attached hydrogens (tertiary/aromatic N) is 3. The van der Waals surface area contributed by atoms with Crippen LogP contribution in [0.25, 0.3) is 11.7 Å². The summed E-state index contributed by atoms with van der Waals surface area (Å²) in [5, 5.41) is 4.18. The van der Waals surface area contributed by atoms with Gasteiger partial charge in [0.15, 0.2) is 0 Å². The van der Waals surface area contributed by atoms with E-state index in [2.05, 4.69) is 10.3 Å². The summed E-state index contributed by atoms with van der Waals surface area (Å²) in [6, 6.07) is 15.1. The first-order valence-corrected chi connectivity index (χ1v) is 11.5. The number of aromatic nitrogens is 2. The molecule has 4 rings (SSSR count). The van der Waals surface area contributed by atoms with Crippen molar-refractivity contribution in [3.05, 3.63) is 77.6 Å². The molecule has 156 valence electrons. The monoisotopic (exact) mass is 424 g/mol. The van der Waals surface area contributed by atoms with Crippen molar-refractivity contribution in [3.8, 4) is 0 Å². The van der Waals surface area contributed by atoms with Gasteiger partial charge in [0.05, 0.1) is 12.2 Å². The molecule has 0 saturated carbocycles. The number of fused-ring (bicyclic) bond motifs is 1. The molecule has 1 N–H and O–H groups in total. The second-order valence-corrected chi connectivity index (χ2v) is 9.17. The van der Waals surface area contributed by atoms with Crippen molar-refractivity contribution < 1.29 is 13.2 Å². The number of sulfonamides is 1. The molecule has 0 aliphatic carbocycles. The summed E-state index contributed by atoms with van der Waals surface area (Å²) >= 11 is 0. The van der Waals surface area contributed by atoms with Gasteiger partial charge in [-0.05, 0) is 36.6 Å². The number of rotatable bonds is 6. The highest BCUT2D eigenvalue weighted by Crippen LogP contribution is 2.21. The Morgan fingerprint density at radius 2 is 1.83 bits per heavy atom. The van der Waals surface area contributed by atoms with Gasteiger partial charge in [-0.3, -0.25) is 4.79 Å². The van der Waals surface area contributed by atoms with Gasteiger partial charge in [0.1, 0.15) is 5.65 Å². The van der Waals surface area contributed by atoms with E-state index in [-0.39, 0.29) is 11.8 Å². The van der Waals surface area contributed by atoms with E-state index in [1.54, 1.807) is 6.08 Å². The van der Waals surface area contributed by atoms with Gasteiger partial charge in [-0.15, -0.1) is 0 Å². The normalized spacial score (nSPS) is 16.3. The summed E-state index contributed by atoms with van der Waals surface area (Å²) in [7, 11) is -3.49. The van der Waals surface area contributed by atoms with E-state index < -0.39 is 10.0 Å². The Labute approximate surface area is 176 Å². The van der Waals surface area contributed by atoms with Crippen molar-refractivity contribution in [3.63, 3.8) is 0 Å². The molecule has 30 heavy (non-hydrogen) atoms. The molecule has 8 heteroatoms. The number of hydrogen-bond acceptors (Lipinski definition) is 4. The van der Waals surface area contributed by atoms with E-state index in [9.17, 15) is 13.2 Å². The fraction of sp³-hybridized carbons (Fsp3) is 0.273. The van der Waals surface area contributed by atoms with E-state index in [4.69, 9.17) is 0 Å². The smallest absolute Gasteiger partial charge is 0.236 e. The quantitative estimate of drug-likeness (QED) is 0.659. The van der Waals surface area contributed by atoms with Crippen LogP contribution < -0.4 is 5.32 Å². The molecule has 1 amide bonds. The molecule has 3 heterocycles. The van der Waals surface area contributed by atoms with Gasteiger partial charge in [-0.1, -0.05) is 36.4 Å². The summed E-state index contributed by atoms with van der Waals surface area (Å²) < 4.78 is 28.5. The van der Waals surface area contributed by atoms with E-state index in [1.165, 1.54) is 9.71 Å². The number of amides is 1. The number of imidazole rings is 1. The minimum Gasteiger partial charge on any atom is -0.350 e. The molecule has 0 atom stereocenters. The molecular formula is C22H24N4O3S. The van der Waals surface area contributed by atoms with Crippen LogP contribution in [0, 0.1) is 5.92 Å². The minimum absolute atomic E-state index is 0.0519. The first-order valence-electron chi connectivity index (χ1n) is 9.95. The number of benzene rings is 1. The van der Waals surface area contributed by atoms with Gasteiger partial charge >= 0.3 is 0 Å². The first kappa shape index (κ1) is 20.3. The lowest BCUT2D eigenvalue weighted by Crippen LogP contribution is -2.42. The molecule has 2 aromatic heterocycles. The Balaban J connectivity index is 1.29. The zero-order chi connectivity index (χ0) is 21.0. The summed E-state index contributed by atoms with van der Waals surface area (Å²) in [4.78, 5) is 17.0. The maximum Gasteiger partial charge on any atom is 0.236 e. The highest BCUT2D eigenvalue weighted by atomic mass is 32.2. The highest BCUT2D eigenvalue weighted by molar-refractivity contribution is 7.92. The van der Waals surface area contributed by atoms with Crippen molar-refractivity contribution >= 4 is 27.7 Å². The SMILES string of the molecule is O=C(NCc1cn2ccccc2n1)C1CCN(S(=O)(=O)C=Cc2ccccc2)CC1. The first-order chi connectivity index (χ1) is 14.5. The average Bonchev–Trinajstić information content (AvgIpc) is 3.20. The molecule has 0 radical (unpaired) electrons. The third-order valence-electron chi connectivity index (χ3n) is 5.27. The summed E-state index contributed by atoms with van der Waals surface area (Å²) in [6.45, 7) is 1.04. The molecular weight excluding hydrogens is 400 g/mol. The molecule has 0 bridgehead atoms. The molecule has 7 nitrogen and oxygen atoms in total. The van der Waals surface area contributed by atoms with Crippen molar-refractivity contribution in [1.82, 2.24) is 19.0 Å². The number of piperidine rings is 1. The maximum absolute atomic E-state index is 12.6. The Morgan fingerprint density at radius 3 is 2.57 bits per heavy atom. The lowest BCUT2D eigenvalue weighted by atomic mass is 9.97. The second-order valence-electron chi connectivity index (χ2n) is 7.35. The lowest BCUT2D eigenvalue weighted by Gasteiger charge is -2.29. The Bertz CT molecular complexity index is 1110. The van der Waals surface area contributed by atoms with Gasteiger partial charge in [-0.25, -0.2) is 13.4 Å². The topological polar surface area (TPSA) is 83.8 Å². The third kappa shape index (κ3) is 4.77. The zero-order valence-electron chi connectivity index (χ0n) is 16.5. The zero-order valence-corrected chi connectivity index (χ0v) is 17.3. The molecule has 1 saturated heterocycles. The van der Waals surface area contributed by atoms with Crippen LogP contribution in [0.4, 0.5) is 0 Å². The van der Waals surface area contributed by atoms with Crippen LogP contribution in [0.15, 0.2) is 66.3 Å². The van der Waals surface area contributed by atoms with Crippen LogP contribution in [0.2, 0.25) is 0 Å². The third-order valence-corrected chi connectivity index (χ3v) is 6.84. The number of nitrogens with one attached hydrogen (secondary N) is 1. The van der Waals surface area contributed by atoms with Crippen LogP contribution >= 0.6 is 0 Å². The van der Waals surface area contributed by atoms with E-state index in [0.717, 1.165) is 16.9 Å². The van der Waals surface area contributed by atoms with Crippen LogP contribution in [0.1, 0.15) is 24.1 Å². The summed E-state index contributed by atoms with van der Waals surface area (Å²) in [6.07, 6.45) is 6.42. The van der Waals surface area contributed by atoms with Gasteiger partial charge in [0, 0.05) is 36.8 Å². The average molecular weight is 425 g/mol. The van der Waals surface area contributed by atoms with Gasteiger partial charge in [-0.2, -0.15) is 4.31 Å². The van der Waals surface area contributed by atoms with Crippen molar-refractivity contribution in [2.75, 3.05) is 13.1 Å². The molecule has 1 aliphatic rings. The van der Waals surface area contributed by atoms with Crippen molar-refractivity contribution in [2.24, 2.45) is 5.92 Å². The van der Waals surface area contributed by atoms with Crippen LogP contribution in [0.3, 0.4) is 0 Å². The maximum atomic E-state index is 12.6. The van der Waals surface area contributed by atoms with Crippen molar-refractivity contribution in [2.45, 2.75) is 19.4 Å². The van der Waals surface area contributed by atoms with Crippen LogP contribution in [-0.4, -0.2) is 41.1 Å². The Morgan fingerprint density at radius 1 is 1.10 bits per heavy atom. The number of carbonyl (C=O) groups is 1. The number of carbonyl (C=O) groups excluding carboxylic acids is 1. The number of pyridine rings is 1. The van der Waals surface area contributed by atoms with Crippen LogP contribution in [-0.2, 0) is 21.4 Å². The minimum atomic E-state index is -3.49. The van der Waals surface area contributed by atoms with Gasteiger partial charge in [0.25, 0.3) is 0 Å². The van der Waals surface area contributed by atoms with Gasteiger partial charge in [0.2, 0.25) is 15.9 Å². The Hall–Kier alpha value is -2.97. The fourth-order valence-electron chi connectivity index (χ4n) is 3.58. The molecule has 0 unspecified atom stereocenters. The number of hydrogen-bond donors (Lipinski definition) is 1. The van der Waals surface area contributed by atoms with E-state index in [1.807, 2.05) is 65.3 Å². The van der Waals surface area contributed by atoms with Crippen molar-refractivity contribution in [1.29, 1.82) is 0 Å². The van der Waals surface area contributed by atoms with E-state index >= 15 is 0 Å². The highest BCUT2D eigenvalue weighted by Gasteiger charge is 2.29. The summed E-state index contributed by atoms with van der Waals surface area (Å²) in [5.74, 6) is -0.240. The molecule has 1 fully saturated rings. The largest absolute Gasteiger partial charge is 0.350 e. The molecule has 3 aromatic rings. The Kier molecular flexibility index (Phi) is 5.96. The van der Waals surface area contributed by atoms with Crippen LogP contribution in [0.5, 0.6) is 0 Å². The van der Waals surface area contributed by atoms with E-state index in [0.29, 0.717) is 32.5 Å². The fourth-order valence-corrected chi connectivity index (χ4v) is 4.80. The predicted octanol–water partition coefficient (Wildman–Crippen LogP) is 2.66. The van der Waals surface area contributed by atoms with Gasteiger partial charge < -0.3 is 9.72 Å².